The van der Waals surface area contributed by atoms with E-state index in [9.17, 15) is 0 Å². The molecule has 3 aromatic heterocycles. The lowest BCUT2D eigenvalue weighted by atomic mass is 9.97. The molecule has 0 aliphatic heterocycles. The van der Waals surface area contributed by atoms with Gasteiger partial charge in [0.25, 0.3) is 0 Å². The van der Waals surface area contributed by atoms with Crippen molar-refractivity contribution < 1.29 is 0 Å². The van der Waals surface area contributed by atoms with Gasteiger partial charge in [-0.15, -0.1) is 0 Å². The largest absolute Gasteiger partial charge is 0.309 e. The summed E-state index contributed by atoms with van der Waals surface area (Å²) in [5, 5.41) is 7.76. The van der Waals surface area contributed by atoms with E-state index in [4.69, 9.17) is 0 Å². The zero-order valence-corrected chi connectivity index (χ0v) is 27.2. The highest BCUT2D eigenvalue weighted by Gasteiger charge is 2.18. The van der Waals surface area contributed by atoms with Gasteiger partial charge >= 0.3 is 0 Å². The smallest absolute Gasteiger partial charge is 0.0620 e. The molecule has 11 rings (SSSR count). The van der Waals surface area contributed by atoms with Crippen LogP contribution in [0.15, 0.2) is 182 Å². The van der Waals surface area contributed by atoms with Crippen molar-refractivity contribution in [1.82, 2.24) is 8.97 Å². The van der Waals surface area contributed by atoms with Crippen molar-refractivity contribution in [3.63, 3.8) is 0 Å². The third-order valence-corrected chi connectivity index (χ3v) is 10.7. The first-order chi connectivity index (χ1) is 24.8. The zero-order chi connectivity index (χ0) is 32.8. The van der Waals surface area contributed by atoms with Crippen LogP contribution in [0.2, 0.25) is 0 Å². The highest BCUT2D eigenvalue weighted by atomic mass is 15.0. The second-order valence-corrected chi connectivity index (χ2v) is 13.4. The molecule has 11 aromatic rings. The first kappa shape index (κ1) is 27.3. The van der Waals surface area contributed by atoms with Crippen LogP contribution in [-0.4, -0.2) is 8.97 Å². The van der Waals surface area contributed by atoms with Crippen molar-refractivity contribution in [2.45, 2.75) is 0 Å². The predicted molar refractivity (Wildman–Crippen MR) is 212 cm³/mol. The van der Waals surface area contributed by atoms with Crippen LogP contribution in [0.1, 0.15) is 0 Å². The van der Waals surface area contributed by atoms with Gasteiger partial charge in [0, 0.05) is 38.0 Å². The lowest BCUT2D eigenvalue weighted by Crippen LogP contribution is -1.93. The minimum Gasteiger partial charge on any atom is -0.309 e. The van der Waals surface area contributed by atoms with Gasteiger partial charge < -0.3 is 8.97 Å². The topological polar surface area (TPSA) is 9.34 Å². The van der Waals surface area contributed by atoms with E-state index < -0.39 is 0 Å². The second kappa shape index (κ2) is 10.4. The molecule has 0 aliphatic carbocycles. The van der Waals surface area contributed by atoms with Gasteiger partial charge in [-0.3, -0.25) is 0 Å². The summed E-state index contributed by atoms with van der Waals surface area (Å²) >= 11 is 0. The molecule has 0 saturated heterocycles. The molecule has 50 heavy (non-hydrogen) atoms. The fourth-order valence-corrected chi connectivity index (χ4v) is 8.35. The minimum atomic E-state index is 1.16. The highest BCUT2D eigenvalue weighted by Crippen LogP contribution is 2.41. The van der Waals surface area contributed by atoms with Crippen LogP contribution in [0.3, 0.4) is 0 Å². The summed E-state index contributed by atoms with van der Waals surface area (Å²) in [4.78, 5) is 0. The van der Waals surface area contributed by atoms with Gasteiger partial charge in [-0.05, 0) is 81.9 Å². The Kier molecular flexibility index (Phi) is 5.70. The number of nitrogens with zero attached hydrogens (tertiary/aromatic N) is 2. The summed E-state index contributed by atoms with van der Waals surface area (Å²) in [5.74, 6) is 0. The van der Waals surface area contributed by atoms with E-state index in [0.29, 0.717) is 0 Å². The zero-order valence-electron chi connectivity index (χ0n) is 27.2. The number of para-hydroxylation sites is 3. The molecule has 0 spiro atoms. The Morgan fingerprint density at radius 1 is 0.260 bits per heavy atom. The van der Waals surface area contributed by atoms with E-state index in [0.717, 1.165) is 5.69 Å². The maximum atomic E-state index is 2.46. The third-order valence-electron chi connectivity index (χ3n) is 10.7. The lowest BCUT2D eigenvalue weighted by Gasteiger charge is -2.10. The molecule has 0 unspecified atom stereocenters. The van der Waals surface area contributed by atoms with Gasteiger partial charge in [-0.1, -0.05) is 133 Å². The summed E-state index contributed by atoms with van der Waals surface area (Å²) in [6.07, 6.45) is 0. The molecule has 2 nitrogen and oxygen atoms in total. The van der Waals surface area contributed by atoms with Crippen LogP contribution in [0.5, 0.6) is 0 Å². The second-order valence-electron chi connectivity index (χ2n) is 13.4. The van der Waals surface area contributed by atoms with E-state index in [1.54, 1.807) is 0 Å². The molecular formula is C48H30N2. The van der Waals surface area contributed by atoms with Gasteiger partial charge in [0.1, 0.15) is 0 Å². The number of hydrogen-bond acceptors (Lipinski definition) is 0. The monoisotopic (exact) mass is 634 g/mol. The Morgan fingerprint density at radius 3 is 1.54 bits per heavy atom. The van der Waals surface area contributed by atoms with Gasteiger partial charge in [-0.25, -0.2) is 0 Å². The molecule has 0 bridgehead atoms. The summed E-state index contributed by atoms with van der Waals surface area (Å²) in [6, 6.07) is 66.6. The molecule has 0 saturated carbocycles. The van der Waals surface area contributed by atoms with Crippen LogP contribution in [-0.2, 0) is 0 Å². The average molecular weight is 635 g/mol. The summed E-state index contributed by atoms with van der Waals surface area (Å²) in [6.45, 7) is 0. The number of fused-ring (bicyclic) bond motifs is 9. The lowest BCUT2D eigenvalue weighted by molar-refractivity contribution is 1.18. The fraction of sp³-hybridized carbons (Fsp3) is 0. The van der Waals surface area contributed by atoms with E-state index in [1.165, 1.54) is 93.3 Å². The van der Waals surface area contributed by atoms with Crippen LogP contribution in [0, 0.1) is 0 Å². The molecular weight excluding hydrogens is 605 g/mol. The molecule has 0 aliphatic rings. The maximum Gasteiger partial charge on any atom is 0.0620 e. The van der Waals surface area contributed by atoms with Gasteiger partial charge in [0.05, 0.1) is 27.6 Å². The molecule has 8 aromatic carbocycles. The third kappa shape index (κ3) is 3.90. The first-order valence-electron chi connectivity index (χ1n) is 17.3. The molecule has 232 valence electrons. The summed E-state index contributed by atoms with van der Waals surface area (Å²) < 4.78 is 4.85. The SMILES string of the molecule is c1ccc(-c2ccc(-n3c4ccccc4c4cc(-c5cccc(-c6ccc7c8cccc9c%10ccccc%10n(c7c6)c98)c5)ccc43)cc2)cc1. The summed E-state index contributed by atoms with van der Waals surface area (Å²) in [7, 11) is 0. The van der Waals surface area contributed by atoms with Crippen LogP contribution >= 0.6 is 0 Å². The quantitative estimate of drug-likeness (QED) is 0.182. The van der Waals surface area contributed by atoms with E-state index in [1.807, 2.05) is 0 Å². The molecule has 0 atom stereocenters. The average Bonchev–Trinajstić information content (AvgIpc) is 3.83. The molecule has 2 heteroatoms. The Morgan fingerprint density at radius 2 is 0.760 bits per heavy atom. The number of hydrogen-bond donors (Lipinski definition) is 0. The molecule has 0 radical (unpaired) electrons. The normalized spacial score (nSPS) is 12.0. The van der Waals surface area contributed by atoms with Gasteiger partial charge in [0.2, 0.25) is 0 Å². The molecule has 3 heterocycles. The van der Waals surface area contributed by atoms with Crippen molar-refractivity contribution in [3.8, 4) is 39.1 Å². The Labute approximate surface area is 289 Å². The van der Waals surface area contributed by atoms with Crippen molar-refractivity contribution in [3.05, 3.63) is 182 Å². The molecule has 0 fully saturated rings. The Bertz CT molecular complexity index is 3070. The Hall–Kier alpha value is -6.64. The standard InChI is InChI=1S/C48H30N2/c1-2-10-31(11-3-1)32-20-24-37(25-21-32)49-44-18-6-5-15-39(44)43-29-35(23-27-46(43)49)33-12-8-13-34(28-33)36-22-26-40-42-17-9-16-41-38-14-4-7-19-45(38)50(48(41)42)47(40)30-36/h1-30H. The van der Waals surface area contributed by atoms with Crippen LogP contribution < -0.4 is 0 Å². The maximum absolute atomic E-state index is 2.46. The van der Waals surface area contributed by atoms with Gasteiger partial charge in [0.15, 0.2) is 0 Å². The number of rotatable bonds is 4. The number of benzene rings is 8. The minimum absolute atomic E-state index is 1.16. The first-order valence-corrected chi connectivity index (χ1v) is 17.3. The van der Waals surface area contributed by atoms with Crippen molar-refractivity contribution >= 4 is 59.9 Å². The van der Waals surface area contributed by atoms with E-state index >= 15 is 0 Å². The Balaban J connectivity index is 1.03. The fourth-order valence-electron chi connectivity index (χ4n) is 8.35. The van der Waals surface area contributed by atoms with E-state index in [2.05, 4.69) is 191 Å². The van der Waals surface area contributed by atoms with Crippen LogP contribution in [0.4, 0.5) is 0 Å². The highest BCUT2D eigenvalue weighted by molar-refractivity contribution is 6.23. The number of aromatic nitrogens is 2. The van der Waals surface area contributed by atoms with Crippen LogP contribution in [0.25, 0.3) is 99.0 Å². The predicted octanol–water partition coefficient (Wildman–Crippen LogP) is 12.9. The molecule has 0 amide bonds. The van der Waals surface area contributed by atoms with E-state index in [-0.39, 0.29) is 0 Å². The summed E-state index contributed by atoms with van der Waals surface area (Å²) in [5.41, 5.74) is 14.7. The van der Waals surface area contributed by atoms with Crippen molar-refractivity contribution in [2.24, 2.45) is 0 Å². The molecule has 0 N–H and O–H groups in total. The van der Waals surface area contributed by atoms with Crippen molar-refractivity contribution in [2.75, 3.05) is 0 Å². The van der Waals surface area contributed by atoms with Gasteiger partial charge in [-0.2, -0.15) is 0 Å². The van der Waals surface area contributed by atoms with Crippen molar-refractivity contribution in [1.29, 1.82) is 0 Å².